The molecule has 22 heavy (non-hydrogen) atoms. The normalized spacial score (nSPS) is 15.3. The van der Waals surface area contributed by atoms with E-state index in [0.717, 1.165) is 17.7 Å². The molecule has 0 unspecified atom stereocenters. The van der Waals surface area contributed by atoms with Crippen molar-refractivity contribution in [2.24, 2.45) is 0 Å². The Hall–Kier alpha value is -1.87. The second-order valence-electron chi connectivity index (χ2n) is 4.60. The molecule has 0 amide bonds. The minimum atomic E-state index is -9.64. The van der Waals surface area contributed by atoms with Crippen LogP contribution in [0.2, 0.25) is 0 Å². The summed E-state index contributed by atoms with van der Waals surface area (Å²) in [6, 6.07) is 6.26. The number of halogens is 5. The van der Waals surface area contributed by atoms with E-state index in [1.54, 1.807) is 6.07 Å². The van der Waals surface area contributed by atoms with E-state index in [9.17, 15) is 19.4 Å². The Morgan fingerprint density at radius 1 is 0.909 bits per heavy atom. The Morgan fingerprint density at radius 2 is 1.59 bits per heavy atom. The van der Waals surface area contributed by atoms with Crippen molar-refractivity contribution in [2.75, 3.05) is 0 Å². The molecule has 118 valence electrons. The molecule has 2 heterocycles. The molecule has 3 aromatic rings. The van der Waals surface area contributed by atoms with Crippen molar-refractivity contribution < 1.29 is 19.4 Å². The average molecular weight is 352 g/mol. The summed E-state index contributed by atoms with van der Waals surface area (Å²) < 4.78 is 64.9. The van der Waals surface area contributed by atoms with Gasteiger partial charge in [0.1, 0.15) is 4.90 Å². The summed E-state index contributed by atoms with van der Waals surface area (Å²) in [6.07, 6.45) is 1.49. The number of aromatic nitrogens is 2. The fourth-order valence-corrected chi connectivity index (χ4v) is 3.28. The van der Waals surface area contributed by atoms with Crippen molar-refractivity contribution in [3.63, 3.8) is 0 Å². The topological polar surface area (TPSA) is 17.8 Å². The lowest BCUT2D eigenvalue weighted by molar-refractivity contribution is 0.364. The van der Waals surface area contributed by atoms with Crippen molar-refractivity contribution in [3.8, 4) is 16.9 Å². The number of hydrogen-bond donors (Lipinski definition) is 0. The van der Waals surface area contributed by atoms with E-state index in [1.165, 1.54) is 22.2 Å². The number of benzene rings is 1. The minimum Gasteiger partial charge on any atom is -0.233 e. The van der Waals surface area contributed by atoms with Crippen LogP contribution in [0.25, 0.3) is 16.9 Å². The summed E-state index contributed by atoms with van der Waals surface area (Å²) in [6.45, 7) is 0. The van der Waals surface area contributed by atoms with Crippen molar-refractivity contribution in [3.05, 3.63) is 53.4 Å². The van der Waals surface area contributed by atoms with Crippen molar-refractivity contribution in [1.29, 1.82) is 0 Å². The first-order chi connectivity index (χ1) is 10.0. The van der Waals surface area contributed by atoms with Gasteiger partial charge in [0.05, 0.1) is 17.6 Å². The van der Waals surface area contributed by atoms with Gasteiger partial charge in [0, 0.05) is 10.9 Å². The molecule has 0 atom stereocenters. The van der Waals surface area contributed by atoms with Gasteiger partial charge in [0.25, 0.3) is 0 Å². The summed E-state index contributed by atoms with van der Waals surface area (Å²) in [5.74, 6) is 0. The Bertz CT molecular complexity index is 805. The Labute approximate surface area is 126 Å². The first kappa shape index (κ1) is 15.0. The van der Waals surface area contributed by atoms with Crippen LogP contribution >= 0.6 is 21.6 Å². The minimum absolute atomic E-state index is 0.275. The maximum Gasteiger partial charge on any atom is 0.310 e. The van der Waals surface area contributed by atoms with Crippen LogP contribution in [0.1, 0.15) is 0 Å². The van der Waals surface area contributed by atoms with Gasteiger partial charge in [-0.05, 0) is 41.8 Å². The fourth-order valence-electron chi connectivity index (χ4n) is 1.98. The Kier molecular flexibility index (Phi) is 2.81. The summed E-state index contributed by atoms with van der Waals surface area (Å²) in [5, 5.41) is 7.74. The van der Waals surface area contributed by atoms with E-state index < -0.39 is 15.1 Å². The summed E-state index contributed by atoms with van der Waals surface area (Å²) in [4.78, 5) is -1.91. The molecule has 0 N–H and O–H groups in total. The first-order valence-electron chi connectivity index (χ1n) is 5.96. The highest BCUT2D eigenvalue weighted by atomic mass is 32.5. The van der Waals surface area contributed by atoms with Crippen LogP contribution in [0.15, 0.2) is 58.3 Å². The second-order valence-corrected chi connectivity index (χ2v) is 7.79. The molecule has 2 nitrogen and oxygen atoms in total. The molecule has 1 aromatic carbocycles. The van der Waals surface area contributed by atoms with Gasteiger partial charge in [-0.15, -0.1) is 0 Å². The van der Waals surface area contributed by atoms with E-state index in [1.807, 2.05) is 16.8 Å². The summed E-state index contributed by atoms with van der Waals surface area (Å²) in [7, 11) is -9.64. The molecule has 0 spiro atoms. The van der Waals surface area contributed by atoms with Gasteiger partial charge in [0.2, 0.25) is 0 Å². The zero-order valence-corrected chi connectivity index (χ0v) is 12.4. The van der Waals surface area contributed by atoms with Gasteiger partial charge in [-0.25, -0.2) is 4.68 Å². The Balaban J connectivity index is 2.05. The predicted octanol–water partition coefficient (Wildman–Crippen LogP) is 6.26. The Morgan fingerprint density at radius 3 is 2.14 bits per heavy atom. The van der Waals surface area contributed by atoms with E-state index in [0.29, 0.717) is 17.8 Å². The van der Waals surface area contributed by atoms with Crippen LogP contribution in [0.5, 0.6) is 0 Å². The molecule has 0 saturated heterocycles. The predicted molar refractivity (Wildman–Crippen MR) is 78.3 cm³/mol. The van der Waals surface area contributed by atoms with Crippen molar-refractivity contribution >= 4 is 21.6 Å². The largest absolute Gasteiger partial charge is 0.310 e. The molecule has 0 aliphatic rings. The van der Waals surface area contributed by atoms with Gasteiger partial charge < -0.3 is 0 Å². The monoisotopic (exact) mass is 352 g/mol. The zero-order valence-electron chi connectivity index (χ0n) is 10.8. The van der Waals surface area contributed by atoms with Crippen molar-refractivity contribution in [2.45, 2.75) is 4.90 Å². The van der Waals surface area contributed by atoms with Crippen LogP contribution < -0.4 is 0 Å². The van der Waals surface area contributed by atoms with Crippen LogP contribution in [0, 0.1) is 0 Å². The summed E-state index contributed by atoms with van der Waals surface area (Å²) >= 11 is 1.46. The van der Waals surface area contributed by atoms with Gasteiger partial charge in [-0.3, -0.25) is 0 Å². The first-order valence-corrected chi connectivity index (χ1v) is 8.85. The summed E-state index contributed by atoms with van der Waals surface area (Å²) in [5.41, 5.74) is 1.79. The van der Waals surface area contributed by atoms with E-state index in [4.69, 9.17) is 0 Å². The van der Waals surface area contributed by atoms with E-state index in [2.05, 4.69) is 5.10 Å². The van der Waals surface area contributed by atoms with Crippen LogP contribution in [0.4, 0.5) is 19.4 Å². The van der Waals surface area contributed by atoms with Crippen LogP contribution in [-0.4, -0.2) is 9.78 Å². The zero-order chi connectivity index (χ0) is 16.1. The molecule has 2 aromatic heterocycles. The molecule has 0 saturated carbocycles. The molecule has 0 aliphatic heterocycles. The quantitative estimate of drug-likeness (QED) is 0.509. The molecule has 9 heteroatoms. The van der Waals surface area contributed by atoms with Gasteiger partial charge >= 0.3 is 10.2 Å². The van der Waals surface area contributed by atoms with E-state index in [-0.39, 0.29) is 5.69 Å². The molecule has 0 bridgehead atoms. The smallest absolute Gasteiger partial charge is 0.233 e. The number of nitrogens with zero attached hydrogens (tertiary/aromatic N) is 2. The third-order valence-corrected chi connectivity index (χ3v) is 4.83. The molecule has 0 aliphatic carbocycles. The van der Waals surface area contributed by atoms with Gasteiger partial charge in [0.15, 0.2) is 0 Å². The van der Waals surface area contributed by atoms with E-state index >= 15 is 0 Å². The maximum absolute atomic E-state index is 12.7. The molecular formula is C13H9F5N2S2. The highest BCUT2D eigenvalue weighted by molar-refractivity contribution is 8.45. The fraction of sp³-hybridized carbons (Fsp3) is 0. The second kappa shape index (κ2) is 4.11. The third-order valence-electron chi connectivity index (χ3n) is 2.99. The lowest BCUT2D eigenvalue weighted by Gasteiger charge is -2.40. The molecular weight excluding hydrogens is 343 g/mol. The standard InChI is InChI=1S/C13H9F5N2S2/c14-22(15,16,17,18)12-3-1-11(2-4-12)20-13(5-7-19-20)10-6-8-21-9-10/h1-9H. The molecule has 0 radical (unpaired) electrons. The lowest BCUT2D eigenvalue weighted by Crippen LogP contribution is -2.06. The van der Waals surface area contributed by atoms with Crippen LogP contribution in [-0.2, 0) is 0 Å². The molecule has 3 rings (SSSR count). The SMILES string of the molecule is FS(F)(F)(F)(F)c1ccc(-n2nccc2-c2ccsc2)cc1. The number of hydrogen-bond acceptors (Lipinski definition) is 2. The maximum atomic E-state index is 12.7. The van der Waals surface area contributed by atoms with Crippen LogP contribution in [0.3, 0.4) is 0 Å². The lowest BCUT2D eigenvalue weighted by atomic mass is 10.2. The third kappa shape index (κ3) is 2.86. The average Bonchev–Trinajstić information content (AvgIpc) is 3.07. The number of thiophene rings is 1. The highest BCUT2D eigenvalue weighted by Crippen LogP contribution is 3.02. The number of rotatable bonds is 3. The van der Waals surface area contributed by atoms with Gasteiger partial charge in [-0.2, -0.15) is 16.4 Å². The van der Waals surface area contributed by atoms with Gasteiger partial charge in [-0.1, -0.05) is 19.4 Å². The van der Waals surface area contributed by atoms with Crippen molar-refractivity contribution in [1.82, 2.24) is 9.78 Å². The molecule has 0 fully saturated rings. The highest BCUT2D eigenvalue weighted by Gasteiger charge is 2.65.